The lowest BCUT2D eigenvalue weighted by molar-refractivity contribution is 0.392. The van der Waals surface area contributed by atoms with Gasteiger partial charge in [-0.2, -0.15) is 0 Å². The Kier molecular flexibility index (Phi) is 6.65. The summed E-state index contributed by atoms with van der Waals surface area (Å²) < 4.78 is 5.20. The second kappa shape index (κ2) is 8.72. The van der Waals surface area contributed by atoms with Crippen LogP contribution in [0.3, 0.4) is 0 Å². The number of thiophene rings is 1. The Morgan fingerprint density at radius 1 is 1.39 bits per heavy atom. The van der Waals surface area contributed by atoms with Gasteiger partial charge in [0.25, 0.3) is 0 Å². The van der Waals surface area contributed by atoms with Crippen LogP contribution in [-0.2, 0) is 12.8 Å². The normalized spacial score (nSPS) is 11.7. The molecule has 0 atom stereocenters. The zero-order valence-electron chi connectivity index (χ0n) is 14.4. The summed E-state index contributed by atoms with van der Waals surface area (Å²) in [6.45, 7) is 5.82. The van der Waals surface area contributed by atoms with Crippen LogP contribution in [-0.4, -0.2) is 43.2 Å². The Bertz CT molecular complexity index is 599. The highest BCUT2D eigenvalue weighted by molar-refractivity contribution is 7.09. The molecule has 1 N–H and O–H groups in total. The highest BCUT2D eigenvalue weighted by atomic mass is 32.1. The molecule has 0 aliphatic carbocycles. The zero-order chi connectivity index (χ0) is 16.7. The summed E-state index contributed by atoms with van der Waals surface area (Å²) in [5, 5.41) is 9.55. The Morgan fingerprint density at radius 3 is 2.83 bits per heavy atom. The van der Waals surface area contributed by atoms with Crippen LogP contribution in [0.5, 0.6) is 0 Å². The molecule has 23 heavy (non-hydrogen) atoms. The molecule has 2 heterocycles. The molecule has 5 nitrogen and oxygen atoms in total. The molecule has 0 amide bonds. The molecule has 2 aromatic rings. The molecule has 0 aliphatic heterocycles. The number of nitrogens with zero attached hydrogens (tertiary/aromatic N) is 3. The summed E-state index contributed by atoms with van der Waals surface area (Å²) in [6, 6.07) is 4.28. The summed E-state index contributed by atoms with van der Waals surface area (Å²) in [6.07, 6.45) is 3.05. The fraction of sp³-hybridized carbons (Fsp3) is 0.529. The van der Waals surface area contributed by atoms with Gasteiger partial charge in [0.2, 0.25) is 0 Å². The number of hydrogen-bond donors (Lipinski definition) is 1. The van der Waals surface area contributed by atoms with Gasteiger partial charge >= 0.3 is 0 Å². The second-order valence-electron chi connectivity index (χ2n) is 5.63. The van der Waals surface area contributed by atoms with Crippen LogP contribution in [0.2, 0.25) is 0 Å². The van der Waals surface area contributed by atoms with Crippen molar-refractivity contribution in [1.82, 2.24) is 15.4 Å². The van der Waals surface area contributed by atoms with E-state index in [2.05, 4.69) is 44.9 Å². The van der Waals surface area contributed by atoms with Gasteiger partial charge in [0.15, 0.2) is 5.96 Å². The molecular weight excluding hydrogens is 308 g/mol. The number of likely N-dealkylation sites (N-methyl/N-ethyl adjacent to an activating group) is 1. The molecule has 2 aromatic heterocycles. The van der Waals surface area contributed by atoms with E-state index in [9.17, 15) is 0 Å². The Labute approximate surface area is 142 Å². The van der Waals surface area contributed by atoms with Crippen LogP contribution < -0.4 is 5.32 Å². The van der Waals surface area contributed by atoms with Gasteiger partial charge in [-0.3, -0.25) is 4.99 Å². The van der Waals surface area contributed by atoms with Crippen LogP contribution in [0, 0.1) is 13.8 Å². The molecule has 0 aliphatic rings. The molecule has 0 unspecified atom stereocenters. The standard InChI is InChI=1S/C17H26N4OS/c1-13-16(14(2)22-20-13)8-5-10-19-17(18-3)21(4)11-9-15-7-6-12-23-15/h6-7,12H,5,8-11H2,1-4H3,(H,18,19). The molecule has 0 fully saturated rings. The minimum Gasteiger partial charge on any atom is -0.361 e. The predicted octanol–water partition coefficient (Wildman–Crippen LogP) is 3.04. The van der Waals surface area contributed by atoms with E-state index < -0.39 is 0 Å². The average molecular weight is 334 g/mol. The van der Waals surface area contributed by atoms with E-state index in [1.54, 1.807) is 11.3 Å². The van der Waals surface area contributed by atoms with Gasteiger partial charge in [-0.15, -0.1) is 11.3 Å². The largest absolute Gasteiger partial charge is 0.361 e. The first kappa shape index (κ1) is 17.5. The van der Waals surface area contributed by atoms with E-state index in [0.29, 0.717) is 0 Å². The number of guanidine groups is 1. The van der Waals surface area contributed by atoms with Gasteiger partial charge in [-0.25, -0.2) is 0 Å². The van der Waals surface area contributed by atoms with E-state index in [0.717, 1.165) is 49.8 Å². The molecule has 0 spiro atoms. The SMILES string of the molecule is CN=C(NCCCc1c(C)noc1C)N(C)CCc1cccs1. The molecule has 0 saturated heterocycles. The summed E-state index contributed by atoms with van der Waals surface area (Å²) >= 11 is 1.81. The third kappa shape index (κ3) is 5.10. The van der Waals surface area contributed by atoms with Crippen LogP contribution in [0.25, 0.3) is 0 Å². The van der Waals surface area contributed by atoms with Crippen molar-refractivity contribution in [2.45, 2.75) is 33.1 Å². The van der Waals surface area contributed by atoms with Crippen LogP contribution in [0.15, 0.2) is 27.0 Å². The maximum absolute atomic E-state index is 5.20. The van der Waals surface area contributed by atoms with Crippen molar-refractivity contribution in [3.8, 4) is 0 Å². The van der Waals surface area contributed by atoms with Gasteiger partial charge in [-0.1, -0.05) is 11.2 Å². The molecule has 0 bridgehead atoms. The minimum absolute atomic E-state index is 0.889. The molecule has 6 heteroatoms. The molecule has 126 valence electrons. The third-order valence-corrected chi connectivity index (χ3v) is 4.85. The number of hydrogen-bond acceptors (Lipinski definition) is 4. The third-order valence-electron chi connectivity index (χ3n) is 3.91. The highest BCUT2D eigenvalue weighted by Crippen LogP contribution is 2.14. The Morgan fingerprint density at radius 2 is 2.22 bits per heavy atom. The van der Waals surface area contributed by atoms with E-state index in [1.165, 1.54) is 10.4 Å². The van der Waals surface area contributed by atoms with E-state index in [4.69, 9.17) is 4.52 Å². The quantitative estimate of drug-likeness (QED) is 0.480. The summed E-state index contributed by atoms with van der Waals surface area (Å²) in [4.78, 5) is 7.95. The van der Waals surface area contributed by atoms with Crippen molar-refractivity contribution in [2.75, 3.05) is 27.2 Å². The molecule has 0 saturated carbocycles. The van der Waals surface area contributed by atoms with Crippen molar-refractivity contribution in [3.63, 3.8) is 0 Å². The van der Waals surface area contributed by atoms with Crippen molar-refractivity contribution < 1.29 is 4.52 Å². The monoisotopic (exact) mass is 334 g/mol. The molecule has 0 aromatic carbocycles. The van der Waals surface area contributed by atoms with Crippen molar-refractivity contribution in [2.24, 2.45) is 4.99 Å². The van der Waals surface area contributed by atoms with Crippen molar-refractivity contribution >= 4 is 17.3 Å². The van der Waals surface area contributed by atoms with E-state index >= 15 is 0 Å². The first-order chi connectivity index (χ1) is 11.1. The lowest BCUT2D eigenvalue weighted by atomic mass is 10.1. The number of rotatable bonds is 7. The fourth-order valence-electron chi connectivity index (χ4n) is 2.55. The molecule has 0 radical (unpaired) electrons. The summed E-state index contributed by atoms with van der Waals surface area (Å²) in [7, 11) is 3.91. The lowest BCUT2D eigenvalue weighted by Gasteiger charge is -2.21. The smallest absolute Gasteiger partial charge is 0.193 e. The van der Waals surface area contributed by atoms with Crippen molar-refractivity contribution in [3.05, 3.63) is 39.4 Å². The fourth-order valence-corrected chi connectivity index (χ4v) is 3.25. The zero-order valence-corrected chi connectivity index (χ0v) is 15.2. The topological polar surface area (TPSA) is 53.7 Å². The highest BCUT2D eigenvalue weighted by Gasteiger charge is 2.09. The van der Waals surface area contributed by atoms with Gasteiger partial charge in [0.05, 0.1) is 5.69 Å². The maximum atomic E-state index is 5.20. The van der Waals surface area contributed by atoms with Gasteiger partial charge < -0.3 is 14.7 Å². The van der Waals surface area contributed by atoms with Gasteiger partial charge in [0.1, 0.15) is 5.76 Å². The van der Waals surface area contributed by atoms with Gasteiger partial charge in [0, 0.05) is 37.6 Å². The summed E-state index contributed by atoms with van der Waals surface area (Å²) in [5.74, 6) is 1.88. The predicted molar refractivity (Wildman–Crippen MR) is 96.3 cm³/mol. The Hall–Kier alpha value is -1.82. The van der Waals surface area contributed by atoms with Crippen molar-refractivity contribution in [1.29, 1.82) is 0 Å². The van der Waals surface area contributed by atoms with Gasteiger partial charge in [-0.05, 0) is 44.6 Å². The molecular formula is C17H26N4OS. The first-order valence-electron chi connectivity index (χ1n) is 7.97. The lowest BCUT2D eigenvalue weighted by Crippen LogP contribution is -2.40. The Balaban J connectivity index is 1.72. The van der Waals surface area contributed by atoms with Crippen LogP contribution >= 0.6 is 11.3 Å². The number of aliphatic imine (C=N–C) groups is 1. The second-order valence-corrected chi connectivity index (χ2v) is 6.66. The van der Waals surface area contributed by atoms with E-state index in [1.807, 2.05) is 20.9 Å². The maximum Gasteiger partial charge on any atom is 0.193 e. The first-order valence-corrected chi connectivity index (χ1v) is 8.85. The number of aryl methyl sites for hydroxylation is 2. The average Bonchev–Trinajstić information content (AvgIpc) is 3.17. The van der Waals surface area contributed by atoms with Crippen LogP contribution in [0.4, 0.5) is 0 Å². The summed E-state index contributed by atoms with van der Waals surface area (Å²) in [5.41, 5.74) is 2.23. The van der Waals surface area contributed by atoms with Crippen LogP contribution in [0.1, 0.15) is 28.3 Å². The molecule has 2 rings (SSSR count). The number of aromatic nitrogens is 1. The minimum atomic E-state index is 0.889. The number of nitrogens with one attached hydrogen (secondary N) is 1. The van der Waals surface area contributed by atoms with E-state index in [-0.39, 0.29) is 0 Å².